The first-order valence-electron chi connectivity index (χ1n) is 10.1. The van der Waals surface area contributed by atoms with Gasteiger partial charge in [-0.05, 0) is 54.8 Å². The number of nitrogens with one attached hydrogen (secondary N) is 1. The summed E-state index contributed by atoms with van der Waals surface area (Å²) in [5, 5.41) is 15.9. The maximum atomic E-state index is 13.1. The van der Waals surface area contributed by atoms with E-state index in [1.165, 1.54) is 15.6 Å². The molecule has 1 heterocycles. The van der Waals surface area contributed by atoms with Gasteiger partial charge in [0.1, 0.15) is 5.75 Å². The number of sulfonamides is 1. The van der Waals surface area contributed by atoms with Gasteiger partial charge in [-0.3, -0.25) is 5.43 Å². The Morgan fingerprint density at radius 1 is 1.13 bits per heavy atom. The summed E-state index contributed by atoms with van der Waals surface area (Å²) in [4.78, 5) is 4.79. The van der Waals surface area contributed by atoms with Gasteiger partial charge in [-0.2, -0.15) is 9.41 Å². The van der Waals surface area contributed by atoms with Crippen molar-refractivity contribution in [2.75, 3.05) is 18.5 Å². The standard InChI is InChI=1S/C22H26N4O3S2/c1-3-12-26(13-4-2)31(28,29)20-7-5-6-18(14-20)21-16-30-22(24-21)25-23-15-17-8-10-19(27)11-9-17/h5-11,14-16,27H,3-4,12-13H2,1-2H3,(H,24,25)/b23-15+. The third-order valence-corrected chi connectivity index (χ3v) is 7.13. The van der Waals surface area contributed by atoms with E-state index in [0.717, 1.165) is 24.0 Å². The van der Waals surface area contributed by atoms with Crippen LogP contribution < -0.4 is 5.43 Å². The Kier molecular flexibility index (Phi) is 7.78. The topological polar surface area (TPSA) is 94.9 Å². The van der Waals surface area contributed by atoms with E-state index >= 15 is 0 Å². The first-order chi connectivity index (χ1) is 14.9. The monoisotopic (exact) mass is 458 g/mol. The smallest absolute Gasteiger partial charge is 0.243 e. The van der Waals surface area contributed by atoms with Crippen LogP contribution in [0.15, 0.2) is 63.9 Å². The molecule has 3 rings (SSSR count). The maximum Gasteiger partial charge on any atom is 0.243 e. The zero-order valence-electron chi connectivity index (χ0n) is 17.5. The van der Waals surface area contributed by atoms with E-state index in [-0.39, 0.29) is 10.6 Å². The molecule has 0 saturated heterocycles. The molecule has 0 aliphatic carbocycles. The summed E-state index contributed by atoms with van der Waals surface area (Å²) >= 11 is 1.38. The molecule has 0 bridgehead atoms. The molecule has 1 aromatic heterocycles. The van der Waals surface area contributed by atoms with E-state index in [2.05, 4.69) is 15.5 Å². The summed E-state index contributed by atoms with van der Waals surface area (Å²) in [6.07, 6.45) is 3.17. The summed E-state index contributed by atoms with van der Waals surface area (Å²) in [5.74, 6) is 0.200. The average Bonchev–Trinajstić information content (AvgIpc) is 3.24. The van der Waals surface area contributed by atoms with Crippen molar-refractivity contribution in [2.24, 2.45) is 5.10 Å². The Hall–Kier alpha value is -2.75. The molecule has 0 fully saturated rings. The molecule has 0 saturated carbocycles. The molecule has 2 aromatic carbocycles. The minimum absolute atomic E-state index is 0.200. The second kappa shape index (κ2) is 10.5. The third-order valence-electron chi connectivity index (χ3n) is 4.48. The van der Waals surface area contributed by atoms with E-state index in [4.69, 9.17) is 0 Å². The number of thiazole rings is 1. The Labute approximate surface area is 187 Å². The minimum atomic E-state index is -3.54. The normalized spacial score (nSPS) is 12.0. The lowest BCUT2D eigenvalue weighted by molar-refractivity contribution is 0.410. The SMILES string of the molecule is CCCN(CCC)S(=O)(=O)c1cccc(-c2csc(N/N=C/c3ccc(O)cc3)n2)c1. The van der Waals surface area contributed by atoms with Crippen molar-refractivity contribution in [3.05, 3.63) is 59.5 Å². The second-order valence-corrected chi connectivity index (χ2v) is 9.73. The molecule has 31 heavy (non-hydrogen) atoms. The van der Waals surface area contributed by atoms with Gasteiger partial charge in [-0.1, -0.05) is 26.0 Å². The van der Waals surface area contributed by atoms with Gasteiger partial charge in [0.05, 0.1) is 16.8 Å². The molecule has 7 nitrogen and oxygen atoms in total. The van der Waals surface area contributed by atoms with Gasteiger partial charge in [0.25, 0.3) is 0 Å². The van der Waals surface area contributed by atoms with Crippen LogP contribution in [0, 0.1) is 0 Å². The Balaban J connectivity index is 1.75. The summed E-state index contributed by atoms with van der Waals surface area (Å²) in [7, 11) is -3.54. The predicted octanol–water partition coefficient (Wildman–Crippen LogP) is 4.77. The summed E-state index contributed by atoms with van der Waals surface area (Å²) in [6, 6.07) is 13.6. The fourth-order valence-electron chi connectivity index (χ4n) is 3.00. The Morgan fingerprint density at radius 2 is 1.84 bits per heavy atom. The van der Waals surface area contributed by atoms with Crippen LogP contribution in [0.2, 0.25) is 0 Å². The molecule has 0 unspecified atom stereocenters. The van der Waals surface area contributed by atoms with Crippen LogP contribution in [0.3, 0.4) is 0 Å². The number of aromatic hydroxyl groups is 1. The van der Waals surface area contributed by atoms with Crippen molar-refractivity contribution in [3.63, 3.8) is 0 Å². The molecular formula is C22H26N4O3S2. The van der Waals surface area contributed by atoms with Crippen LogP contribution in [0.1, 0.15) is 32.3 Å². The highest BCUT2D eigenvalue weighted by molar-refractivity contribution is 7.89. The van der Waals surface area contributed by atoms with E-state index in [1.54, 1.807) is 48.7 Å². The number of nitrogens with zero attached hydrogens (tertiary/aromatic N) is 3. The Morgan fingerprint density at radius 3 is 2.52 bits per heavy atom. The maximum absolute atomic E-state index is 13.1. The molecule has 0 aliphatic rings. The van der Waals surface area contributed by atoms with Crippen molar-refractivity contribution >= 4 is 32.7 Å². The lowest BCUT2D eigenvalue weighted by atomic mass is 10.2. The molecule has 0 radical (unpaired) electrons. The van der Waals surface area contributed by atoms with E-state index in [1.807, 2.05) is 25.3 Å². The van der Waals surface area contributed by atoms with Crippen molar-refractivity contribution in [3.8, 4) is 17.0 Å². The summed E-state index contributed by atoms with van der Waals surface area (Å²) in [6.45, 7) is 4.96. The van der Waals surface area contributed by atoms with Gasteiger partial charge >= 0.3 is 0 Å². The molecule has 0 spiro atoms. The van der Waals surface area contributed by atoms with Crippen LogP contribution in [0.5, 0.6) is 5.75 Å². The number of anilines is 1. The van der Waals surface area contributed by atoms with Gasteiger partial charge in [0.2, 0.25) is 15.2 Å². The number of phenolic OH excluding ortho intramolecular Hbond substituents is 1. The largest absolute Gasteiger partial charge is 0.508 e. The van der Waals surface area contributed by atoms with E-state index < -0.39 is 10.0 Å². The molecule has 0 aliphatic heterocycles. The van der Waals surface area contributed by atoms with Gasteiger partial charge in [-0.15, -0.1) is 11.3 Å². The number of phenols is 1. The lowest BCUT2D eigenvalue weighted by Gasteiger charge is -2.21. The highest BCUT2D eigenvalue weighted by atomic mass is 32.2. The highest BCUT2D eigenvalue weighted by Gasteiger charge is 2.23. The fraction of sp³-hybridized carbons (Fsp3) is 0.273. The van der Waals surface area contributed by atoms with Crippen LogP contribution in [-0.2, 0) is 10.0 Å². The van der Waals surface area contributed by atoms with Gasteiger partial charge in [0, 0.05) is 24.0 Å². The first-order valence-corrected chi connectivity index (χ1v) is 12.4. The quantitative estimate of drug-likeness (QED) is 0.337. The average molecular weight is 459 g/mol. The van der Waals surface area contributed by atoms with Gasteiger partial charge in [0.15, 0.2) is 0 Å². The number of hydrazone groups is 1. The summed E-state index contributed by atoms with van der Waals surface area (Å²) in [5.41, 5.74) is 5.14. The number of hydrogen-bond donors (Lipinski definition) is 2. The molecule has 2 N–H and O–H groups in total. The van der Waals surface area contributed by atoms with Crippen molar-refractivity contribution in [2.45, 2.75) is 31.6 Å². The molecule has 3 aromatic rings. The van der Waals surface area contributed by atoms with Crippen LogP contribution in [0.25, 0.3) is 11.3 Å². The van der Waals surface area contributed by atoms with Crippen LogP contribution >= 0.6 is 11.3 Å². The third kappa shape index (κ3) is 5.90. The van der Waals surface area contributed by atoms with Crippen LogP contribution in [-0.4, -0.2) is 42.1 Å². The van der Waals surface area contributed by atoms with Gasteiger partial charge in [-0.25, -0.2) is 13.4 Å². The van der Waals surface area contributed by atoms with Gasteiger partial charge < -0.3 is 5.11 Å². The number of benzene rings is 2. The molecule has 164 valence electrons. The minimum Gasteiger partial charge on any atom is -0.508 e. The Bertz CT molecular complexity index is 1120. The van der Waals surface area contributed by atoms with Crippen molar-refractivity contribution in [1.82, 2.24) is 9.29 Å². The number of aromatic nitrogens is 1. The zero-order valence-corrected chi connectivity index (χ0v) is 19.2. The number of hydrogen-bond acceptors (Lipinski definition) is 7. The lowest BCUT2D eigenvalue weighted by Crippen LogP contribution is -2.32. The first kappa shape index (κ1) is 22.9. The highest BCUT2D eigenvalue weighted by Crippen LogP contribution is 2.28. The van der Waals surface area contributed by atoms with Crippen LogP contribution in [0.4, 0.5) is 5.13 Å². The fourth-order valence-corrected chi connectivity index (χ4v) is 5.33. The van der Waals surface area contributed by atoms with E-state index in [9.17, 15) is 13.5 Å². The predicted molar refractivity (Wildman–Crippen MR) is 126 cm³/mol. The molecule has 0 atom stereocenters. The summed E-state index contributed by atoms with van der Waals surface area (Å²) < 4.78 is 27.7. The number of rotatable bonds is 10. The zero-order chi connectivity index (χ0) is 22.3. The van der Waals surface area contributed by atoms with E-state index in [0.29, 0.717) is 23.9 Å². The molecule has 9 heteroatoms. The second-order valence-electron chi connectivity index (χ2n) is 6.93. The van der Waals surface area contributed by atoms with Crippen molar-refractivity contribution < 1.29 is 13.5 Å². The molecule has 0 amide bonds. The molecular weight excluding hydrogens is 432 g/mol. The van der Waals surface area contributed by atoms with Crippen molar-refractivity contribution in [1.29, 1.82) is 0 Å².